The van der Waals surface area contributed by atoms with Crippen LogP contribution in [0.4, 0.5) is 10.1 Å². The van der Waals surface area contributed by atoms with E-state index in [-0.39, 0.29) is 18.3 Å². The Morgan fingerprint density at radius 2 is 1.92 bits per heavy atom. The normalized spacial score (nSPS) is 10.4. The molecular formula is C19H16FNO2S2. The number of ether oxygens (including phenoxy) is 1. The number of amides is 1. The quantitative estimate of drug-likeness (QED) is 0.579. The fourth-order valence-corrected chi connectivity index (χ4v) is 3.82. The lowest BCUT2D eigenvalue weighted by Gasteiger charge is -2.11. The van der Waals surface area contributed by atoms with Gasteiger partial charge in [0, 0.05) is 10.6 Å². The Bertz CT molecular complexity index is 820. The predicted octanol–water partition coefficient (Wildman–Crippen LogP) is 5.20. The first-order valence-electron chi connectivity index (χ1n) is 7.62. The van der Waals surface area contributed by atoms with Gasteiger partial charge in [0.15, 0.2) is 6.61 Å². The molecule has 128 valence electrons. The first kappa shape index (κ1) is 17.5. The van der Waals surface area contributed by atoms with Gasteiger partial charge in [0.05, 0.1) is 5.69 Å². The lowest BCUT2D eigenvalue weighted by molar-refractivity contribution is -0.118. The van der Waals surface area contributed by atoms with Crippen molar-refractivity contribution in [2.45, 2.75) is 10.6 Å². The second kappa shape index (κ2) is 8.69. The molecule has 3 rings (SSSR count). The average molecular weight is 373 g/mol. The Kier molecular flexibility index (Phi) is 6.09. The van der Waals surface area contributed by atoms with Crippen LogP contribution in [-0.4, -0.2) is 12.5 Å². The van der Waals surface area contributed by atoms with Gasteiger partial charge < -0.3 is 10.1 Å². The van der Waals surface area contributed by atoms with Gasteiger partial charge in [0.25, 0.3) is 5.91 Å². The largest absolute Gasteiger partial charge is 0.484 e. The van der Waals surface area contributed by atoms with Crippen LogP contribution in [0.25, 0.3) is 0 Å². The highest BCUT2D eigenvalue weighted by Gasteiger charge is 2.08. The lowest BCUT2D eigenvalue weighted by atomic mass is 10.3. The Hall–Kier alpha value is -2.31. The number of anilines is 1. The molecule has 0 saturated carbocycles. The molecule has 1 N–H and O–H groups in total. The molecular weight excluding hydrogens is 357 g/mol. The maximum absolute atomic E-state index is 12.9. The fraction of sp³-hybridized carbons (Fsp3) is 0.105. The molecule has 0 radical (unpaired) electrons. The number of hydrogen-bond acceptors (Lipinski definition) is 4. The third-order valence-electron chi connectivity index (χ3n) is 3.32. The summed E-state index contributed by atoms with van der Waals surface area (Å²) in [6, 6.07) is 15.3. The number of thioether (sulfide) groups is 1. The van der Waals surface area contributed by atoms with Gasteiger partial charge in [-0.1, -0.05) is 12.1 Å². The molecule has 6 heteroatoms. The molecule has 0 aliphatic heterocycles. The number of halogens is 1. The SMILES string of the molecule is O=C(COc1ccc(F)cc1)Nc1ccccc1SCc1ccsc1. The van der Waals surface area contributed by atoms with E-state index < -0.39 is 0 Å². The Labute approximate surface area is 153 Å². The highest BCUT2D eigenvalue weighted by atomic mass is 32.2. The van der Waals surface area contributed by atoms with Crippen molar-refractivity contribution in [2.75, 3.05) is 11.9 Å². The number of para-hydroxylation sites is 1. The van der Waals surface area contributed by atoms with Crippen molar-refractivity contribution in [1.82, 2.24) is 0 Å². The van der Waals surface area contributed by atoms with E-state index in [1.54, 1.807) is 23.1 Å². The van der Waals surface area contributed by atoms with Gasteiger partial charge in [-0.2, -0.15) is 11.3 Å². The summed E-state index contributed by atoms with van der Waals surface area (Å²) >= 11 is 3.34. The van der Waals surface area contributed by atoms with Gasteiger partial charge in [-0.15, -0.1) is 11.8 Å². The molecule has 0 saturated heterocycles. The minimum Gasteiger partial charge on any atom is -0.484 e. The summed E-state index contributed by atoms with van der Waals surface area (Å²) in [5.74, 6) is 0.709. The van der Waals surface area contributed by atoms with Gasteiger partial charge >= 0.3 is 0 Å². The standard InChI is InChI=1S/C19H16FNO2S2/c20-15-5-7-16(8-6-15)23-11-19(22)21-17-3-1-2-4-18(17)25-13-14-9-10-24-12-14/h1-10,12H,11,13H2,(H,21,22). The van der Waals surface area contributed by atoms with Crippen molar-refractivity contribution in [1.29, 1.82) is 0 Å². The maximum Gasteiger partial charge on any atom is 0.262 e. The summed E-state index contributed by atoms with van der Waals surface area (Å²) in [6.45, 7) is -0.130. The van der Waals surface area contributed by atoms with Gasteiger partial charge in [0.1, 0.15) is 11.6 Å². The van der Waals surface area contributed by atoms with Crippen molar-refractivity contribution >= 4 is 34.7 Å². The molecule has 0 unspecified atom stereocenters. The number of carbonyl (C=O) groups is 1. The highest BCUT2D eigenvalue weighted by molar-refractivity contribution is 7.98. The fourth-order valence-electron chi connectivity index (χ4n) is 2.10. The van der Waals surface area contributed by atoms with Gasteiger partial charge in [-0.3, -0.25) is 4.79 Å². The van der Waals surface area contributed by atoms with Crippen LogP contribution in [0.2, 0.25) is 0 Å². The number of rotatable bonds is 7. The molecule has 3 aromatic rings. The summed E-state index contributed by atoms with van der Waals surface area (Å²) < 4.78 is 18.2. The average Bonchev–Trinajstić information content (AvgIpc) is 3.14. The zero-order valence-corrected chi connectivity index (χ0v) is 14.9. The van der Waals surface area contributed by atoms with Gasteiger partial charge in [0.2, 0.25) is 0 Å². The smallest absolute Gasteiger partial charge is 0.262 e. The summed E-state index contributed by atoms with van der Waals surface area (Å²) in [5.41, 5.74) is 2.02. The summed E-state index contributed by atoms with van der Waals surface area (Å²) in [4.78, 5) is 13.1. The Balaban J connectivity index is 1.56. The molecule has 1 heterocycles. The topological polar surface area (TPSA) is 38.3 Å². The molecule has 3 nitrogen and oxygen atoms in total. The molecule has 0 fully saturated rings. The van der Waals surface area contributed by atoms with E-state index >= 15 is 0 Å². The third-order valence-corrected chi connectivity index (χ3v) is 5.20. The zero-order chi connectivity index (χ0) is 17.5. The summed E-state index contributed by atoms with van der Waals surface area (Å²) in [7, 11) is 0. The number of thiophene rings is 1. The third kappa shape index (κ3) is 5.34. The van der Waals surface area contributed by atoms with Crippen LogP contribution < -0.4 is 10.1 Å². The molecule has 0 aliphatic carbocycles. The Morgan fingerprint density at radius 3 is 2.68 bits per heavy atom. The van der Waals surface area contributed by atoms with E-state index in [0.717, 1.165) is 16.3 Å². The Morgan fingerprint density at radius 1 is 1.12 bits per heavy atom. The number of benzene rings is 2. The van der Waals surface area contributed by atoms with Crippen LogP contribution >= 0.6 is 23.1 Å². The van der Waals surface area contributed by atoms with Crippen LogP contribution in [0.15, 0.2) is 70.3 Å². The van der Waals surface area contributed by atoms with Crippen LogP contribution in [0.1, 0.15) is 5.56 Å². The van der Waals surface area contributed by atoms with Crippen LogP contribution in [-0.2, 0) is 10.5 Å². The van der Waals surface area contributed by atoms with E-state index in [1.807, 2.05) is 24.3 Å². The monoisotopic (exact) mass is 373 g/mol. The van der Waals surface area contributed by atoms with E-state index in [1.165, 1.54) is 29.8 Å². The number of carbonyl (C=O) groups excluding carboxylic acids is 1. The lowest BCUT2D eigenvalue weighted by Crippen LogP contribution is -2.20. The van der Waals surface area contributed by atoms with Crippen molar-refractivity contribution in [3.05, 3.63) is 76.7 Å². The maximum atomic E-state index is 12.9. The van der Waals surface area contributed by atoms with E-state index in [0.29, 0.717) is 5.75 Å². The van der Waals surface area contributed by atoms with Crippen LogP contribution in [0, 0.1) is 5.82 Å². The van der Waals surface area contributed by atoms with Crippen LogP contribution in [0.3, 0.4) is 0 Å². The van der Waals surface area contributed by atoms with E-state index in [2.05, 4.69) is 22.1 Å². The van der Waals surface area contributed by atoms with Crippen LogP contribution in [0.5, 0.6) is 5.75 Å². The summed E-state index contributed by atoms with van der Waals surface area (Å²) in [6.07, 6.45) is 0. The molecule has 1 aromatic heterocycles. The first-order chi connectivity index (χ1) is 12.2. The molecule has 0 atom stereocenters. The molecule has 0 bridgehead atoms. The second-order valence-electron chi connectivity index (χ2n) is 5.21. The van der Waals surface area contributed by atoms with Crippen molar-refractivity contribution < 1.29 is 13.9 Å². The van der Waals surface area contributed by atoms with Crippen molar-refractivity contribution in [2.24, 2.45) is 0 Å². The minimum absolute atomic E-state index is 0.130. The van der Waals surface area contributed by atoms with Gasteiger partial charge in [-0.05, 0) is 58.8 Å². The van der Waals surface area contributed by atoms with Crippen molar-refractivity contribution in [3.63, 3.8) is 0 Å². The second-order valence-corrected chi connectivity index (χ2v) is 7.00. The summed E-state index contributed by atoms with van der Waals surface area (Å²) in [5, 5.41) is 7.03. The molecule has 25 heavy (non-hydrogen) atoms. The van der Waals surface area contributed by atoms with Gasteiger partial charge in [-0.25, -0.2) is 4.39 Å². The minimum atomic E-state index is -0.339. The predicted molar refractivity (Wildman–Crippen MR) is 101 cm³/mol. The molecule has 2 aromatic carbocycles. The van der Waals surface area contributed by atoms with Crippen molar-refractivity contribution in [3.8, 4) is 5.75 Å². The number of nitrogens with one attached hydrogen (secondary N) is 1. The molecule has 1 amide bonds. The molecule has 0 spiro atoms. The van der Waals surface area contributed by atoms with E-state index in [4.69, 9.17) is 4.74 Å². The van der Waals surface area contributed by atoms with E-state index in [9.17, 15) is 9.18 Å². The number of hydrogen-bond donors (Lipinski definition) is 1. The highest BCUT2D eigenvalue weighted by Crippen LogP contribution is 2.30. The molecule has 0 aliphatic rings. The first-order valence-corrected chi connectivity index (χ1v) is 9.55. The zero-order valence-electron chi connectivity index (χ0n) is 13.3.